The standard InChI is InChI=1S/C13H20N2O4S/c1-8(2)14-10(16)6-19-12(18)9-7-20-13(3)5-4-11(17)15(9)13/h8-9H,4-7H2,1-3H3,(H,14,16)/t9-,13+/m1/s1. The third kappa shape index (κ3) is 2.92. The van der Waals surface area contributed by atoms with E-state index >= 15 is 0 Å². The molecule has 2 amide bonds. The predicted molar refractivity (Wildman–Crippen MR) is 75.0 cm³/mol. The van der Waals surface area contributed by atoms with Gasteiger partial charge in [-0.2, -0.15) is 0 Å². The summed E-state index contributed by atoms with van der Waals surface area (Å²) in [4.78, 5) is 36.7. The highest BCUT2D eigenvalue weighted by Gasteiger charge is 2.53. The molecule has 2 atom stereocenters. The quantitative estimate of drug-likeness (QED) is 0.766. The summed E-state index contributed by atoms with van der Waals surface area (Å²) in [5, 5.41) is 2.65. The molecule has 2 heterocycles. The van der Waals surface area contributed by atoms with Gasteiger partial charge in [0.15, 0.2) is 6.61 Å². The summed E-state index contributed by atoms with van der Waals surface area (Å²) in [6.07, 6.45) is 1.23. The molecule has 0 spiro atoms. The average Bonchev–Trinajstić information content (AvgIpc) is 2.83. The van der Waals surface area contributed by atoms with E-state index in [2.05, 4.69) is 5.32 Å². The van der Waals surface area contributed by atoms with E-state index in [1.165, 1.54) is 0 Å². The summed E-state index contributed by atoms with van der Waals surface area (Å²) in [7, 11) is 0. The molecule has 0 aromatic rings. The summed E-state index contributed by atoms with van der Waals surface area (Å²) in [5.74, 6) is -0.289. The van der Waals surface area contributed by atoms with E-state index in [-0.39, 0.29) is 29.3 Å². The largest absolute Gasteiger partial charge is 0.454 e. The number of rotatable bonds is 4. The van der Waals surface area contributed by atoms with Crippen LogP contribution >= 0.6 is 11.8 Å². The monoisotopic (exact) mass is 300 g/mol. The van der Waals surface area contributed by atoms with Gasteiger partial charge in [0.2, 0.25) is 5.91 Å². The second-order valence-corrected chi connectivity index (χ2v) is 7.10. The molecular formula is C13H20N2O4S. The zero-order valence-corrected chi connectivity index (χ0v) is 12.8. The van der Waals surface area contributed by atoms with Crippen molar-refractivity contribution in [2.24, 2.45) is 0 Å². The maximum atomic E-state index is 12.1. The number of carbonyl (C=O) groups excluding carboxylic acids is 3. The molecule has 0 unspecified atom stereocenters. The lowest BCUT2D eigenvalue weighted by molar-refractivity contribution is -0.156. The van der Waals surface area contributed by atoms with Gasteiger partial charge in [-0.3, -0.25) is 9.59 Å². The minimum absolute atomic E-state index is 0.00619. The Morgan fingerprint density at radius 3 is 2.90 bits per heavy atom. The van der Waals surface area contributed by atoms with Crippen LogP contribution in [0, 0.1) is 0 Å². The molecule has 2 aliphatic heterocycles. The highest BCUT2D eigenvalue weighted by Crippen LogP contribution is 2.47. The minimum Gasteiger partial charge on any atom is -0.454 e. The number of ether oxygens (including phenoxy) is 1. The molecule has 2 rings (SSSR count). The maximum Gasteiger partial charge on any atom is 0.330 e. The molecule has 0 saturated carbocycles. The topological polar surface area (TPSA) is 75.7 Å². The number of nitrogens with zero attached hydrogens (tertiary/aromatic N) is 1. The molecule has 0 aliphatic carbocycles. The van der Waals surface area contributed by atoms with Crippen LogP contribution in [-0.2, 0) is 19.1 Å². The van der Waals surface area contributed by atoms with Crippen LogP contribution in [0.4, 0.5) is 0 Å². The molecule has 2 fully saturated rings. The Bertz CT molecular complexity index is 440. The predicted octanol–water partition coefficient (Wildman–Crippen LogP) is 0.508. The molecule has 6 nitrogen and oxygen atoms in total. The van der Waals surface area contributed by atoms with Crippen molar-refractivity contribution in [1.82, 2.24) is 10.2 Å². The van der Waals surface area contributed by atoms with Gasteiger partial charge in [-0.25, -0.2) is 4.79 Å². The van der Waals surface area contributed by atoms with Crippen LogP contribution < -0.4 is 5.32 Å². The van der Waals surface area contributed by atoms with Gasteiger partial charge in [0.05, 0.1) is 4.87 Å². The molecule has 112 valence electrons. The number of nitrogens with one attached hydrogen (secondary N) is 1. The van der Waals surface area contributed by atoms with Gasteiger partial charge in [0.1, 0.15) is 6.04 Å². The third-order valence-electron chi connectivity index (χ3n) is 3.51. The van der Waals surface area contributed by atoms with Gasteiger partial charge in [0, 0.05) is 18.2 Å². The van der Waals surface area contributed by atoms with E-state index in [0.717, 1.165) is 6.42 Å². The number of esters is 1. The highest BCUT2D eigenvalue weighted by molar-refractivity contribution is 8.01. The maximum absolute atomic E-state index is 12.1. The first-order valence-electron chi connectivity index (χ1n) is 6.75. The molecule has 1 N–H and O–H groups in total. The molecule has 7 heteroatoms. The normalized spacial score (nSPS) is 28.7. The van der Waals surface area contributed by atoms with E-state index in [4.69, 9.17) is 4.74 Å². The smallest absolute Gasteiger partial charge is 0.330 e. The zero-order valence-electron chi connectivity index (χ0n) is 12.0. The van der Waals surface area contributed by atoms with Crippen molar-refractivity contribution in [3.63, 3.8) is 0 Å². The van der Waals surface area contributed by atoms with E-state index in [0.29, 0.717) is 12.2 Å². The van der Waals surface area contributed by atoms with Crippen molar-refractivity contribution in [2.75, 3.05) is 12.4 Å². The van der Waals surface area contributed by atoms with E-state index in [9.17, 15) is 14.4 Å². The summed E-state index contributed by atoms with van der Waals surface area (Å²) < 4.78 is 5.03. The molecule has 0 bridgehead atoms. The fourth-order valence-electron chi connectivity index (χ4n) is 2.59. The van der Waals surface area contributed by atoms with Crippen LogP contribution in [0.1, 0.15) is 33.6 Å². The number of thioether (sulfide) groups is 1. The first kappa shape index (κ1) is 15.2. The second-order valence-electron chi connectivity index (χ2n) is 5.60. The Kier molecular flexibility index (Phi) is 4.27. The fraction of sp³-hybridized carbons (Fsp3) is 0.769. The first-order valence-corrected chi connectivity index (χ1v) is 7.74. The summed E-state index contributed by atoms with van der Waals surface area (Å²) in [5.41, 5.74) is 0. The molecule has 0 aromatic heterocycles. The van der Waals surface area contributed by atoms with E-state index in [1.807, 2.05) is 20.8 Å². The molecular weight excluding hydrogens is 280 g/mol. The second kappa shape index (κ2) is 5.63. The van der Waals surface area contributed by atoms with Gasteiger partial charge in [0.25, 0.3) is 5.91 Å². The Morgan fingerprint density at radius 2 is 2.25 bits per heavy atom. The van der Waals surface area contributed by atoms with Crippen LogP contribution in [0.2, 0.25) is 0 Å². The average molecular weight is 300 g/mol. The van der Waals surface area contributed by atoms with Gasteiger partial charge in [-0.05, 0) is 27.2 Å². The van der Waals surface area contributed by atoms with Crippen molar-refractivity contribution in [3.05, 3.63) is 0 Å². The number of fused-ring (bicyclic) bond motifs is 1. The molecule has 2 aliphatic rings. The Morgan fingerprint density at radius 1 is 1.55 bits per heavy atom. The van der Waals surface area contributed by atoms with E-state index in [1.54, 1.807) is 16.7 Å². The van der Waals surface area contributed by atoms with Crippen LogP contribution in [-0.4, -0.2) is 52.0 Å². The van der Waals surface area contributed by atoms with Gasteiger partial charge in [-0.1, -0.05) is 0 Å². The van der Waals surface area contributed by atoms with Crippen LogP contribution in [0.5, 0.6) is 0 Å². The van der Waals surface area contributed by atoms with Crippen LogP contribution in [0.15, 0.2) is 0 Å². The lowest BCUT2D eigenvalue weighted by atomic mass is 10.2. The van der Waals surface area contributed by atoms with Crippen molar-refractivity contribution in [1.29, 1.82) is 0 Å². The van der Waals surface area contributed by atoms with Gasteiger partial charge >= 0.3 is 5.97 Å². The SMILES string of the molecule is CC(C)NC(=O)COC(=O)[C@H]1CS[C@@]2(C)CCC(=O)N12. The van der Waals surface area contributed by atoms with E-state index < -0.39 is 12.0 Å². The zero-order chi connectivity index (χ0) is 14.9. The Labute approximate surface area is 122 Å². The Hall–Kier alpha value is -1.24. The third-order valence-corrected chi connectivity index (χ3v) is 5.02. The number of carbonyl (C=O) groups is 3. The van der Waals surface area contributed by atoms with Crippen molar-refractivity contribution >= 4 is 29.5 Å². The van der Waals surface area contributed by atoms with Gasteiger partial charge < -0.3 is 15.0 Å². The summed E-state index contributed by atoms with van der Waals surface area (Å²) in [6.45, 7) is 5.35. The van der Waals surface area contributed by atoms with Crippen molar-refractivity contribution in [3.8, 4) is 0 Å². The molecule has 2 saturated heterocycles. The van der Waals surface area contributed by atoms with Crippen LogP contribution in [0.3, 0.4) is 0 Å². The highest BCUT2D eigenvalue weighted by atomic mass is 32.2. The fourth-order valence-corrected chi connectivity index (χ4v) is 4.01. The van der Waals surface area contributed by atoms with Gasteiger partial charge in [-0.15, -0.1) is 11.8 Å². The van der Waals surface area contributed by atoms with Crippen molar-refractivity contribution in [2.45, 2.75) is 50.6 Å². The molecule has 0 radical (unpaired) electrons. The Balaban J connectivity index is 1.90. The molecule has 20 heavy (non-hydrogen) atoms. The summed E-state index contributed by atoms with van der Waals surface area (Å²) in [6, 6.07) is -0.557. The molecule has 0 aromatic carbocycles. The lowest BCUT2D eigenvalue weighted by Crippen LogP contribution is -2.47. The number of amides is 2. The number of hydrogen-bond acceptors (Lipinski definition) is 5. The lowest BCUT2D eigenvalue weighted by Gasteiger charge is -2.29. The van der Waals surface area contributed by atoms with Crippen molar-refractivity contribution < 1.29 is 19.1 Å². The van der Waals surface area contributed by atoms with Crippen LogP contribution in [0.25, 0.3) is 0 Å². The minimum atomic E-state index is -0.563. The first-order chi connectivity index (χ1) is 9.33. The summed E-state index contributed by atoms with van der Waals surface area (Å²) >= 11 is 1.60. The number of hydrogen-bond donors (Lipinski definition) is 1.